The second-order valence-corrected chi connectivity index (χ2v) is 4.06. The molecule has 16 heavy (non-hydrogen) atoms. The predicted octanol–water partition coefficient (Wildman–Crippen LogP) is -1.49. The number of hydrogen-bond acceptors (Lipinski definition) is 5. The number of rotatable bonds is 0. The largest absolute Gasteiger partial charge is 1.00 e. The van der Waals surface area contributed by atoms with Gasteiger partial charge in [-0.25, -0.2) is 0 Å². The van der Waals surface area contributed by atoms with Crippen LogP contribution < -0.4 is 68.6 Å². The van der Waals surface area contributed by atoms with Crippen LogP contribution in [0.3, 0.4) is 0 Å². The van der Waals surface area contributed by atoms with Crippen molar-refractivity contribution in [1.29, 1.82) is 0 Å². The smallest absolute Gasteiger partial charge is 0.436 e. The number of anilines is 2. The number of nitrogen functional groups attached to an aromatic ring is 2. The first-order valence-corrected chi connectivity index (χ1v) is 5.39. The minimum Gasteiger partial charge on any atom is -0.436 e. The minimum absolute atomic E-state index is 0. The Labute approximate surface area is 160 Å². The molecule has 0 aromatic heterocycles. The van der Waals surface area contributed by atoms with Crippen LogP contribution in [0.4, 0.5) is 11.4 Å². The van der Waals surface area contributed by atoms with Gasteiger partial charge < -0.3 is 42.0 Å². The molecular weight excluding hydrogens is 305 g/mol. The average Bonchev–Trinajstić information content (AvgIpc) is 2.10. The third kappa shape index (κ3) is 20.4. The SMILES string of the molecule is NC(=S)S.Nc1ccccc1N.S=C[S-].[K+]. The van der Waals surface area contributed by atoms with E-state index < -0.39 is 0 Å². The molecule has 0 fully saturated rings. The van der Waals surface area contributed by atoms with Crippen molar-refractivity contribution >= 4 is 70.1 Å². The van der Waals surface area contributed by atoms with Crippen LogP contribution in [0.25, 0.3) is 0 Å². The van der Waals surface area contributed by atoms with Crippen molar-refractivity contribution in [3.8, 4) is 0 Å². The van der Waals surface area contributed by atoms with Crippen LogP contribution in [-0.2, 0) is 12.6 Å². The van der Waals surface area contributed by atoms with Crippen molar-refractivity contribution in [2.45, 2.75) is 0 Å². The summed E-state index contributed by atoms with van der Waals surface area (Å²) in [5.74, 6) is 0. The molecule has 0 spiro atoms. The number of para-hydroxylation sites is 2. The quantitative estimate of drug-likeness (QED) is 0.153. The van der Waals surface area contributed by atoms with Crippen molar-refractivity contribution in [2.24, 2.45) is 5.73 Å². The van der Waals surface area contributed by atoms with E-state index in [4.69, 9.17) is 17.2 Å². The number of nitrogens with two attached hydrogens (primary N) is 3. The van der Waals surface area contributed by atoms with E-state index in [9.17, 15) is 0 Å². The van der Waals surface area contributed by atoms with Gasteiger partial charge in [-0.1, -0.05) is 24.4 Å². The number of thiol groups is 1. The maximum Gasteiger partial charge on any atom is 1.00 e. The zero-order valence-corrected chi connectivity index (χ0v) is 15.3. The topological polar surface area (TPSA) is 78.1 Å². The molecule has 0 radical (unpaired) electrons. The molecule has 0 atom stereocenters. The summed E-state index contributed by atoms with van der Waals surface area (Å²) in [7, 11) is 0. The van der Waals surface area contributed by atoms with Gasteiger partial charge in [0.1, 0.15) is 4.32 Å². The summed E-state index contributed by atoms with van der Waals surface area (Å²) in [5, 5.41) is 0. The first kappa shape index (κ1) is 22.2. The molecule has 0 bridgehead atoms. The Morgan fingerprint density at radius 2 is 1.44 bits per heavy atom. The second kappa shape index (κ2) is 16.0. The number of hydrogen-bond donors (Lipinski definition) is 4. The van der Waals surface area contributed by atoms with E-state index >= 15 is 0 Å². The van der Waals surface area contributed by atoms with Crippen LogP contribution in [0.2, 0.25) is 0 Å². The van der Waals surface area contributed by atoms with Gasteiger partial charge in [0.2, 0.25) is 0 Å². The van der Waals surface area contributed by atoms with Crippen molar-refractivity contribution < 1.29 is 51.4 Å². The summed E-state index contributed by atoms with van der Waals surface area (Å²) in [6.07, 6.45) is 0. The first-order valence-electron chi connectivity index (χ1n) is 3.59. The molecule has 0 aliphatic rings. The standard InChI is InChI=1S/C6H8N2.CH3NS2.CH2S2.K/c7-5-3-1-2-4-6(5)8;2-1(3)4;2-1-3;/h1-4H,7-8H2;(H3,2,3,4);1H,(H,2,3);/q;;;+1/p-1. The van der Waals surface area contributed by atoms with Gasteiger partial charge in [0.05, 0.1) is 11.4 Å². The molecule has 8 heteroatoms. The molecule has 0 heterocycles. The van der Waals surface area contributed by atoms with Gasteiger partial charge in [0, 0.05) is 0 Å². The number of thiocarbonyl (C=S) groups is 2. The van der Waals surface area contributed by atoms with Crippen LogP contribution in [0.1, 0.15) is 0 Å². The fraction of sp³-hybridized carbons (Fsp3) is 0. The molecule has 0 amide bonds. The Morgan fingerprint density at radius 3 is 1.56 bits per heavy atom. The van der Waals surface area contributed by atoms with Gasteiger partial charge in [-0.05, 0) is 12.1 Å². The summed E-state index contributed by atoms with van der Waals surface area (Å²) in [5.41, 5.74) is 16.8. The monoisotopic (exact) mass is 317 g/mol. The van der Waals surface area contributed by atoms with Crippen LogP contribution in [-0.4, -0.2) is 9.02 Å². The molecule has 0 saturated heterocycles. The van der Waals surface area contributed by atoms with E-state index in [1.807, 2.05) is 12.1 Å². The first-order chi connectivity index (χ1) is 6.95. The fourth-order valence-corrected chi connectivity index (χ4v) is 0.511. The zero-order chi connectivity index (χ0) is 12.3. The summed E-state index contributed by atoms with van der Waals surface area (Å²) in [4.78, 5) is 0. The molecule has 0 aliphatic carbocycles. The van der Waals surface area contributed by atoms with Crippen molar-refractivity contribution in [3.05, 3.63) is 24.3 Å². The van der Waals surface area contributed by atoms with Crippen LogP contribution in [0.5, 0.6) is 0 Å². The van der Waals surface area contributed by atoms with E-state index in [2.05, 4.69) is 49.7 Å². The molecule has 0 aliphatic heterocycles. The average molecular weight is 318 g/mol. The predicted molar refractivity (Wildman–Crippen MR) is 82.1 cm³/mol. The summed E-state index contributed by atoms with van der Waals surface area (Å²) in [6, 6.07) is 7.25. The molecule has 1 rings (SSSR count). The van der Waals surface area contributed by atoms with Gasteiger partial charge in [-0.15, -0.1) is 12.6 Å². The summed E-state index contributed by atoms with van der Waals surface area (Å²) >= 11 is 15.8. The van der Waals surface area contributed by atoms with Crippen LogP contribution in [0.15, 0.2) is 24.3 Å². The summed E-state index contributed by atoms with van der Waals surface area (Å²) < 4.78 is 1.36. The molecule has 6 N–H and O–H groups in total. The van der Waals surface area contributed by atoms with Gasteiger partial charge in [-0.3, -0.25) is 0 Å². The Kier molecular flexibility index (Phi) is 22.2. The van der Waals surface area contributed by atoms with E-state index in [0.29, 0.717) is 11.4 Å². The van der Waals surface area contributed by atoms with Crippen molar-refractivity contribution in [1.82, 2.24) is 0 Å². The van der Waals surface area contributed by atoms with Gasteiger partial charge >= 0.3 is 51.4 Å². The molecule has 1 aromatic rings. The summed E-state index contributed by atoms with van der Waals surface area (Å²) in [6.45, 7) is 0. The molecule has 3 nitrogen and oxygen atoms in total. The number of benzene rings is 1. The molecular formula is C8H12KN3S4. The van der Waals surface area contributed by atoms with E-state index in [0.717, 1.165) is 0 Å². The third-order valence-corrected chi connectivity index (χ3v) is 0.996. The van der Waals surface area contributed by atoms with Crippen LogP contribution in [0, 0.1) is 0 Å². The minimum atomic E-state index is 0. The Bertz CT molecular complexity index is 284. The van der Waals surface area contributed by atoms with E-state index in [1.54, 1.807) is 12.1 Å². The molecule has 1 aromatic carbocycles. The van der Waals surface area contributed by atoms with Gasteiger partial charge in [-0.2, -0.15) is 4.70 Å². The van der Waals surface area contributed by atoms with Gasteiger partial charge in [0.25, 0.3) is 0 Å². The second-order valence-electron chi connectivity index (χ2n) is 2.06. The maximum atomic E-state index is 5.39. The third-order valence-electron chi connectivity index (χ3n) is 0.996. The Balaban J connectivity index is -0.000000182. The van der Waals surface area contributed by atoms with Gasteiger partial charge in [0.15, 0.2) is 0 Å². The molecule has 0 unspecified atom stereocenters. The normalized spacial score (nSPS) is 6.81. The zero-order valence-electron chi connectivity index (χ0n) is 8.79. The van der Waals surface area contributed by atoms with Crippen molar-refractivity contribution in [2.75, 3.05) is 11.5 Å². The van der Waals surface area contributed by atoms with E-state index in [1.165, 1.54) is 4.70 Å². The fourth-order valence-electron chi connectivity index (χ4n) is 0.511. The maximum absolute atomic E-state index is 5.39. The molecule has 84 valence electrons. The van der Waals surface area contributed by atoms with Crippen LogP contribution >= 0.6 is 37.1 Å². The van der Waals surface area contributed by atoms with E-state index in [-0.39, 0.29) is 55.7 Å². The molecule has 0 saturated carbocycles. The Morgan fingerprint density at radius 1 is 1.25 bits per heavy atom. The Hall–Kier alpha value is 1.01. The van der Waals surface area contributed by atoms with Crippen molar-refractivity contribution in [3.63, 3.8) is 0 Å².